The molecule has 8 amide bonds. The van der Waals surface area contributed by atoms with Crippen LogP contribution in [0, 0.1) is 5.92 Å². The number of phenols is 1. The lowest BCUT2D eigenvalue weighted by molar-refractivity contribution is -0.143. The Kier molecular flexibility index (Phi) is 22.5. The van der Waals surface area contributed by atoms with Crippen LogP contribution in [0.2, 0.25) is 0 Å². The Morgan fingerprint density at radius 1 is 0.591 bits per heavy atom. The van der Waals surface area contributed by atoms with Gasteiger partial charge in [0.25, 0.3) is 0 Å². The third-order valence-corrected chi connectivity index (χ3v) is 14.8. The lowest BCUT2D eigenvalue weighted by Crippen LogP contribution is -2.60. The molecule has 0 spiro atoms. The summed E-state index contributed by atoms with van der Waals surface area (Å²) in [6.07, 6.45) is -8.51. The molecule has 1 aliphatic rings. The predicted octanol–water partition coefficient (Wildman–Crippen LogP) is 5.42. The first kappa shape index (κ1) is 66.3. The Bertz CT molecular complexity index is 3390. The maximum atomic E-state index is 14.9. The molecule has 7 atom stereocenters. The quantitative estimate of drug-likeness (QED) is 0.0308. The SMILES string of the molecule is CC(C)C[C@H](NC(=O)[C@@H]1CCCN1C(=O)[C@H](Cc1ccccc1)NC(=O)[C@H](Cc1ccccc1)NC(=O)CNC(=O)[C@@H](C)NC(=O)[C@@H](N)Cc1ccc(O)cc1)C(=O)N[C@@H](Cc1c[nH]c2ccccc12)C(=O)NCc1cc(C(F)(F)F)cc(C(F)(F)F)c1. The summed E-state index contributed by atoms with van der Waals surface area (Å²) < 4.78 is 82.6. The van der Waals surface area contributed by atoms with Crippen LogP contribution >= 0.6 is 0 Å². The zero-order valence-electron chi connectivity index (χ0n) is 48.4. The second-order valence-electron chi connectivity index (χ2n) is 22.1. The Hall–Kier alpha value is -9.26. The van der Waals surface area contributed by atoms with E-state index < -0.39 is 132 Å². The molecule has 0 saturated carbocycles. The van der Waals surface area contributed by atoms with Gasteiger partial charge in [0, 0.05) is 49.5 Å². The van der Waals surface area contributed by atoms with Crippen molar-refractivity contribution >= 4 is 58.2 Å². The van der Waals surface area contributed by atoms with E-state index in [-0.39, 0.29) is 62.8 Å². The zero-order chi connectivity index (χ0) is 63.9. The van der Waals surface area contributed by atoms with Crippen LogP contribution in [0.25, 0.3) is 10.9 Å². The number of hydrogen-bond acceptors (Lipinski definition) is 10. The number of carbonyl (C=O) groups excluding carboxylic acids is 8. The molecule has 7 rings (SSSR count). The van der Waals surface area contributed by atoms with Crippen LogP contribution in [0.3, 0.4) is 0 Å². The van der Waals surface area contributed by atoms with Gasteiger partial charge in [0.1, 0.15) is 42.0 Å². The molecule has 19 nitrogen and oxygen atoms in total. The van der Waals surface area contributed by atoms with E-state index in [1.54, 1.807) is 117 Å². The Morgan fingerprint density at radius 2 is 1.15 bits per heavy atom. The van der Waals surface area contributed by atoms with E-state index in [0.29, 0.717) is 51.7 Å². The van der Waals surface area contributed by atoms with E-state index in [0.717, 1.165) is 0 Å². The summed E-state index contributed by atoms with van der Waals surface area (Å²) in [7, 11) is 0. The fourth-order valence-electron chi connectivity index (χ4n) is 10.2. The second-order valence-corrected chi connectivity index (χ2v) is 22.1. The number of nitrogens with zero attached hydrogens (tertiary/aromatic N) is 1. The van der Waals surface area contributed by atoms with Crippen molar-refractivity contribution in [2.75, 3.05) is 13.1 Å². The summed E-state index contributed by atoms with van der Waals surface area (Å²) in [6.45, 7) is 3.56. The molecule has 1 aromatic heterocycles. The van der Waals surface area contributed by atoms with Crippen molar-refractivity contribution in [3.63, 3.8) is 0 Å². The van der Waals surface area contributed by atoms with Gasteiger partial charge >= 0.3 is 12.4 Å². The minimum Gasteiger partial charge on any atom is -0.508 e. The van der Waals surface area contributed by atoms with Crippen LogP contribution in [0.1, 0.15) is 79.0 Å². The molecule has 1 fully saturated rings. The molecule has 1 saturated heterocycles. The molecule has 88 heavy (non-hydrogen) atoms. The van der Waals surface area contributed by atoms with Crippen molar-refractivity contribution in [3.8, 4) is 5.75 Å². The van der Waals surface area contributed by atoms with E-state index in [4.69, 9.17) is 5.73 Å². The van der Waals surface area contributed by atoms with Gasteiger partial charge in [-0.2, -0.15) is 26.3 Å². The number of H-pyrrole nitrogens is 1. The maximum absolute atomic E-state index is 14.9. The smallest absolute Gasteiger partial charge is 0.416 e. The van der Waals surface area contributed by atoms with Crippen molar-refractivity contribution in [1.82, 2.24) is 47.1 Å². The highest BCUT2D eigenvalue weighted by molar-refractivity contribution is 5.98. The average molecular weight is 1230 g/mol. The van der Waals surface area contributed by atoms with Gasteiger partial charge in [-0.25, -0.2) is 0 Å². The van der Waals surface area contributed by atoms with Gasteiger partial charge in [0.15, 0.2) is 0 Å². The number of hydrogen-bond donors (Lipinski definition) is 10. The number of amides is 8. The number of halogens is 6. The van der Waals surface area contributed by atoms with Crippen molar-refractivity contribution < 1.29 is 69.8 Å². The maximum Gasteiger partial charge on any atom is 0.416 e. The number of fused-ring (bicyclic) bond motifs is 1. The molecular formula is C63H70F6N10O9. The topological polar surface area (TPSA) is 286 Å². The molecule has 11 N–H and O–H groups in total. The normalized spacial score (nSPS) is 15.4. The number of aromatic hydroxyl groups is 1. The standard InChI is InChI=1S/C63H70F6N10O9/c1-36(2)25-49(58(85)76-51(31-42-34-71-48-18-11-10-17-46(42)48)57(84)72-33-41-26-43(62(64,65)66)32-44(27-41)63(67,68)69)77-60(87)53-19-12-24-79(53)61(88)52(30-39-15-8-5-9-16-39)78-59(86)50(29-38-13-6-4-7-14-38)75-54(81)35-73-55(82)37(3)74-56(83)47(70)28-40-20-22-45(80)23-21-40/h4-11,13-18,20-23,26-27,32,34,36-37,47,49-53,71,80H,12,19,24-25,28-31,33,35,70H2,1-3H3,(H,72,84)(H,73,82)(H,74,83)(H,75,81)(H,76,85)(H,77,87)(H,78,86)/t37-,47+,49+,50+,51+,52+,53+/m1/s1. The summed E-state index contributed by atoms with van der Waals surface area (Å²) in [5.41, 5.74) is 5.49. The number of carbonyl (C=O) groups is 8. The van der Waals surface area contributed by atoms with Gasteiger partial charge < -0.3 is 57.9 Å². The fourth-order valence-corrected chi connectivity index (χ4v) is 10.2. The molecule has 25 heteroatoms. The third-order valence-electron chi connectivity index (χ3n) is 14.8. The minimum atomic E-state index is -5.15. The number of benzene rings is 5. The van der Waals surface area contributed by atoms with Gasteiger partial charge in [-0.1, -0.05) is 105 Å². The first-order valence-corrected chi connectivity index (χ1v) is 28.5. The number of phenolic OH excluding ortho intramolecular Hbond substituents is 1. The van der Waals surface area contributed by atoms with Gasteiger partial charge in [-0.15, -0.1) is 0 Å². The molecule has 0 unspecified atom stereocenters. The number of nitrogens with one attached hydrogen (secondary N) is 8. The van der Waals surface area contributed by atoms with Crippen LogP contribution in [-0.2, 0) is 82.9 Å². The fraction of sp³-hybridized carbons (Fsp3) is 0.365. The molecule has 6 aromatic rings. The molecule has 5 aromatic carbocycles. The van der Waals surface area contributed by atoms with Gasteiger partial charge in [0.2, 0.25) is 47.3 Å². The highest BCUT2D eigenvalue weighted by Gasteiger charge is 2.41. The van der Waals surface area contributed by atoms with Crippen LogP contribution in [0.4, 0.5) is 26.3 Å². The molecule has 0 aliphatic carbocycles. The number of nitrogens with two attached hydrogens (primary N) is 1. The summed E-state index contributed by atoms with van der Waals surface area (Å²) in [4.78, 5) is 117. The summed E-state index contributed by atoms with van der Waals surface area (Å²) in [5.74, 6) is -6.45. The number of para-hydroxylation sites is 1. The number of alkyl halides is 6. The van der Waals surface area contributed by atoms with Gasteiger partial charge in [-0.3, -0.25) is 38.4 Å². The van der Waals surface area contributed by atoms with Gasteiger partial charge in [0.05, 0.1) is 23.7 Å². The van der Waals surface area contributed by atoms with Crippen LogP contribution in [0.5, 0.6) is 5.75 Å². The number of likely N-dealkylation sites (tertiary alicyclic amines) is 1. The van der Waals surface area contributed by atoms with Crippen molar-refractivity contribution in [2.45, 2.75) is 127 Å². The molecule has 0 radical (unpaired) electrons. The Morgan fingerprint density at radius 3 is 1.76 bits per heavy atom. The lowest BCUT2D eigenvalue weighted by Gasteiger charge is -2.31. The van der Waals surface area contributed by atoms with E-state index in [2.05, 4.69) is 42.2 Å². The lowest BCUT2D eigenvalue weighted by atomic mass is 10.00. The summed E-state index contributed by atoms with van der Waals surface area (Å²) >= 11 is 0. The van der Waals surface area contributed by atoms with Crippen molar-refractivity contribution in [2.24, 2.45) is 11.7 Å². The largest absolute Gasteiger partial charge is 0.508 e. The van der Waals surface area contributed by atoms with Crippen molar-refractivity contribution in [3.05, 3.63) is 173 Å². The predicted molar refractivity (Wildman–Crippen MR) is 313 cm³/mol. The Labute approximate surface area is 503 Å². The van der Waals surface area contributed by atoms with E-state index in [9.17, 15) is 69.8 Å². The molecule has 468 valence electrons. The highest BCUT2D eigenvalue weighted by Crippen LogP contribution is 2.36. The first-order valence-electron chi connectivity index (χ1n) is 28.5. The third kappa shape index (κ3) is 18.9. The van der Waals surface area contributed by atoms with E-state index in [1.165, 1.54) is 24.0 Å². The van der Waals surface area contributed by atoms with Crippen LogP contribution in [-0.4, -0.2) is 118 Å². The monoisotopic (exact) mass is 1220 g/mol. The number of rotatable bonds is 26. The van der Waals surface area contributed by atoms with Crippen molar-refractivity contribution in [1.29, 1.82) is 0 Å². The minimum absolute atomic E-state index is 0.00231. The van der Waals surface area contributed by atoms with Crippen LogP contribution in [0.15, 0.2) is 134 Å². The molecular weight excluding hydrogens is 1150 g/mol. The number of aromatic nitrogens is 1. The molecule has 0 bridgehead atoms. The first-order chi connectivity index (χ1) is 41.7. The van der Waals surface area contributed by atoms with E-state index >= 15 is 0 Å². The highest BCUT2D eigenvalue weighted by atomic mass is 19.4. The zero-order valence-corrected chi connectivity index (χ0v) is 48.4. The molecule has 1 aliphatic heterocycles. The molecule has 2 heterocycles. The second kappa shape index (κ2) is 29.9. The van der Waals surface area contributed by atoms with E-state index in [1.807, 2.05) is 0 Å². The summed E-state index contributed by atoms with van der Waals surface area (Å²) in [5, 5.41) is 28.5. The Balaban J connectivity index is 1.05. The average Bonchev–Trinajstić information content (AvgIpc) is 4.19. The number of aromatic amines is 1. The van der Waals surface area contributed by atoms with Crippen LogP contribution < -0.4 is 43.0 Å². The summed E-state index contributed by atoms with van der Waals surface area (Å²) in [6, 6.07) is 22.4. The van der Waals surface area contributed by atoms with Gasteiger partial charge in [-0.05, 0) is 103 Å².